The molecule has 1 N–H and O–H groups in total. The molecule has 0 fully saturated rings. The van der Waals surface area contributed by atoms with Gasteiger partial charge in [-0.25, -0.2) is 0 Å². The fraction of sp³-hybridized carbons (Fsp3) is 0.417. The van der Waals surface area contributed by atoms with Crippen LogP contribution in [0.5, 0.6) is 11.5 Å². The van der Waals surface area contributed by atoms with Crippen molar-refractivity contribution >= 4 is 5.78 Å². The molecule has 0 aromatic heterocycles. The molecule has 0 unspecified atom stereocenters. The van der Waals surface area contributed by atoms with Gasteiger partial charge in [-0.3, -0.25) is 4.79 Å². The molecule has 1 aromatic rings. The van der Waals surface area contributed by atoms with Crippen molar-refractivity contribution in [2.45, 2.75) is 6.92 Å². The average Bonchev–Trinajstić information content (AvgIpc) is 2.28. The van der Waals surface area contributed by atoms with E-state index in [-0.39, 0.29) is 12.3 Å². The largest absolute Gasteiger partial charge is 0.493 e. The van der Waals surface area contributed by atoms with Crippen molar-refractivity contribution in [2.75, 3.05) is 27.8 Å². The van der Waals surface area contributed by atoms with E-state index in [0.29, 0.717) is 17.1 Å². The molecule has 0 spiro atoms. The first-order valence-corrected chi connectivity index (χ1v) is 5.04. The maximum absolute atomic E-state index is 11.8. The fourth-order valence-corrected chi connectivity index (χ4v) is 1.57. The van der Waals surface area contributed by atoms with Gasteiger partial charge in [0.1, 0.15) is 0 Å². The fourth-order valence-electron chi connectivity index (χ4n) is 1.57. The zero-order valence-corrected chi connectivity index (χ0v) is 10.1. The number of likely N-dealkylation sites (N-methyl/N-ethyl adjacent to an activating group) is 1. The number of ketones is 1. The van der Waals surface area contributed by atoms with E-state index in [1.54, 1.807) is 20.2 Å². The molecule has 0 saturated heterocycles. The van der Waals surface area contributed by atoms with E-state index in [4.69, 9.17) is 9.47 Å². The van der Waals surface area contributed by atoms with Crippen molar-refractivity contribution in [3.63, 3.8) is 0 Å². The van der Waals surface area contributed by atoms with Crippen LogP contribution in [0.3, 0.4) is 0 Å². The lowest BCUT2D eigenvalue weighted by Gasteiger charge is -2.13. The Morgan fingerprint density at radius 2 is 2.00 bits per heavy atom. The van der Waals surface area contributed by atoms with E-state index in [9.17, 15) is 4.79 Å². The molecular formula is C12H17NO3. The number of methoxy groups -OCH3 is 2. The van der Waals surface area contributed by atoms with Gasteiger partial charge >= 0.3 is 0 Å². The van der Waals surface area contributed by atoms with Gasteiger partial charge in [0.05, 0.1) is 26.3 Å². The minimum absolute atomic E-state index is 0.0126. The van der Waals surface area contributed by atoms with Gasteiger partial charge in [0.2, 0.25) is 0 Å². The molecule has 1 rings (SSSR count). The van der Waals surface area contributed by atoms with Crippen molar-refractivity contribution < 1.29 is 14.3 Å². The molecule has 4 nitrogen and oxygen atoms in total. The third-order valence-electron chi connectivity index (χ3n) is 2.26. The normalized spacial score (nSPS) is 10.0. The average molecular weight is 223 g/mol. The van der Waals surface area contributed by atoms with Crippen LogP contribution in [0.2, 0.25) is 0 Å². The highest BCUT2D eigenvalue weighted by molar-refractivity contribution is 6.01. The predicted octanol–water partition coefficient (Wildman–Crippen LogP) is 1.41. The lowest BCUT2D eigenvalue weighted by atomic mass is 10.1. The number of nitrogens with one attached hydrogen (secondary N) is 1. The van der Waals surface area contributed by atoms with Crippen LogP contribution in [0.15, 0.2) is 12.1 Å². The standard InChI is InChI=1S/C12H17NO3/c1-8-5-9(10(14)7-13-2)12(16-4)11(6-8)15-3/h5-6,13H,7H2,1-4H3. The molecule has 0 aliphatic carbocycles. The summed E-state index contributed by atoms with van der Waals surface area (Å²) in [6.07, 6.45) is 0. The quantitative estimate of drug-likeness (QED) is 0.767. The molecule has 4 heteroatoms. The molecule has 88 valence electrons. The van der Waals surface area contributed by atoms with Gasteiger partial charge in [-0.2, -0.15) is 0 Å². The van der Waals surface area contributed by atoms with Crippen molar-refractivity contribution in [3.8, 4) is 11.5 Å². The Hall–Kier alpha value is -1.55. The summed E-state index contributed by atoms with van der Waals surface area (Å²) in [5, 5.41) is 2.83. The Morgan fingerprint density at radius 1 is 1.31 bits per heavy atom. The second-order valence-corrected chi connectivity index (χ2v) is 3.50. The van der Waals surface area contributed by atoms with Crippen LogP contribution < -0.4 is 14.8 Å². The van der Waals surface area contributed by atoms with Gasteiger partial charge in [-0.15, -0.1) is 0 Å². The monoisotopic (exact) mass is 223 g/mol. The molecule has 0 aliphatic heterocycles. The molecule has 0 aliphatic rings. The number of carbonyl (C=O) groups excluding carboxylic acids is 1. The first-order valence-electron chi connectivity index (χ1n) is 5.04. The van der Waals surface area contributed by atoms with Gasteiger partial charge in [0, 0.05) is 0 Å². The molecule has 1 aromatic carbocycles. The maximum atomic E-state index is 11.8. The summed E-state index contributed by atoms with van der Waals surface area (Å²) in [6.45, 7) is 2.20. The van der Waals surface area contributed by atoms with Crippen LogP contribution in [0.1, 0.15) is 15.9 Å². The summed E-state index contributed by atoms with van der Waals surface area (Å²) in [4.78, 5) is 11.8. The van der Waals surface area contributed by atoms with Crippen molar-refractivity contribution in [2.24, 2.45) is 0 Å². The predicted molar refractivity (Wildman–Crippen MR) is 62.5 cm³/mol. The Bertz CT molecular complexity index is 388. The molecule has 0 atom stereocenters. The molecular weight excluding hydrogens is 206 g/mol. The Kier molecular flexibility index (Phi) is 4.31. The maximum Gasteiger partial charge on any atom is 0.180 e. The van der Waals surface area contributed by atoms with Crippen LogP contribution in [0.25, 0.3) is 0 Å². The van der Waals surface area contributed by atoms with Crippen LogP contribution in [0.4, 0.5) is 0 Å². The number of ether oxygens (including phenoxy) is 2. The molecule has 0 saturated carbocycles. The summed E-state index contributed by atoms with van der Waals surface area (Å²) < 4.78 is 10.4. The number of hydrogen-bond acceptors (Lipinski definition) is 4. The first-order chi connectivity index (χ1) is 7.63. The number of carbonyl (C=O) groups is 1. The van der Waals surface area contributed by atoms with E-state index >= 15 is 0 Å². The van der Waals surface area contributed by atoms with Gasteiger partial charge in [0.15, 0.2) is 17.3 Å². The molecule has 0 amide bonds. The highest BCUT2D eigenvalue weighted by atomic mass is 16.5. The third kappa shape index (κ3) is 2.52. The van der Waals surface area contributed by atoms with Gasteiger partial charge in [-0.05, 0) is 31.7 Å². The molecule has 0 heterocycles. The van der Waals surface area contributed by atoms with Crippen molar-refractivity contribution in [1.82, 2.24) is 5.32 Å². The van der Waals surface area contributed by atoms with E-state index < -0.39 is 0 Å². The minimum atomic E-state index is -0.0126. The third-order valence-corrected chi connectivity index (χ3v) is 2.26. The van der Waals surface area contributed by atoms with E-state index in [1.165, 1.54) is 7.11 Å². The first kappa shape index (κ1) is 12.5. The van der Waals surface area contributed by atoms with Gasteiger partial charge in [0.25, 0.3) is 0 Å². The number of aryl methyl sites for hydroxylation is 1. The van der Waals surface area contributed by atoms with Crippen molar-refractivity contribution in [1.29, 1.82) is 0 Å². The minimum Gasteiger partial charge on any atom is -0.493 e. The van der Waals surface area contributed by atoms with E-state index in [1.807, 2.05) is 13.0 Å². The highest BCUT2D eigenvalue weighted by Gasteiger charge is 2.16. The van der Waals surface area contributed by atoms with Crippen LogP contribution in [-0.2, 0) is 0 Å². The topological polar surface area (TPSA) is 47.6 Å². The highest BCUT2D eigenvalue weighted by Crippen LogP contribution is 2.32. The molecule has 16 heavy (non-hydrogen) atoms. The number of Topliss-reactive ketones (excluding diaryl/α,β-unsaturated/α-hetero) is 1. The number of rotatable bonds is 5. The van der Waals surface area contributed by atoms with Crippen LogP contribution >= 0.6 is 0 Å². The van der Waals surface area contributed by atoms with E-state index in [0.717, 1.165) is 5.56 Å². The summed E-state index contributed by atoms with van der Waals surface area (Å²) >= 11 is 0. The van der Waals surface area contributed by atoms with E-state index in [2.05, 4.69) is 5.32 Å². The van der Waals surface area contributed by atoms with Crippen molar-refractivity contribution in [3.05, 3.63) is 23.3 Å². The molecule has 0 radical (unpaired) electrons. The zero-order chi connectivity index (χ0) is 12.1. The number of hydrogen-bond donors (Lipinski definition) is 1. The lowest BCUT2D eigenvalue weighted by molar-refractivity contribution is 0.0990. The molecule has 0 bridgehead atoms. The summed E-state index contributed by atoms with van der Waals surface area (Å²) in [5.74, 6) is 1.07. The van der Waals surface area contributed by atoms with Gasteiger partial charge < -0.3 is 14.8 Å². The lowest BCUT2D eigenvalue weighted by Crippen LogP contribution is -2.19. The smallest absolute Gasteiger partial charge is 0.180 e. The summed E-state index contributed by atoms with van der Waals surface area (Å²) in [6, 6.07) is 3.65. The zero-order valence-electron chi connectivity index (χ0n) is 10.1. The Morgan fingerprint density at radius 3 is 2.50 bits per heavy atom. The Balaban J connectivity index is 3.24. The second-order valence-electron chi connectivity index (χ2n) is 3.50. The van der Waals surface area contributed by atoms with Crippen LogP contribution in [-0.4, -0.2) is 33.6 Å². The van der Waals surface area contributed by atoms with Crippen LogP contribution in [0, 0.1) is 6.92 Å². The van der Waals surface area contributed by atoms with Gasteiger partial charge in [-0.1, -0.05) is 0 Å². The summed E-state index contributed by atoms with van der Waals surface area (Å²) in [5.41, 5.74) is 1.52. The Labute approximate surface area is 95.6 Å². The summed E-state index contributed by atoms with van der Waals surface area (Å²) in [7, 11) is 4.82. The SMILES string of the molecule is CNCC(=O)c1cc(C)cc(OC)c1OC. The number of benzene rings is 1. The second kappa shape index (κ2) is 5.51.